The number of carbonyl (C=O) groups excluding carboxylic acids is 1. The number of carbonyl (C=O) groups is 1. The van der Waals surface area contributed by atoms with E-state index in [0.29, 0.717) is 23.9 Å². The lowest BCUT2D eigenvalue weighted by molar-refractivity contribution is -0.274. The molecule has 0 aliphatic carbocycles. The van der Waals surface area contributed by atoms with Crippen LogP contribution >= 0.6 is 0 Å². The van der Waals surface area contributed by atoms with Gasteiger partial charge in [-0.1, -0.05) is 0 Å². The standard InChI is InChI=1S/C17H16F3N7O2/c18-17(19,20)29-13-4-2-12(3-5-13)24-16(28)22-10-9-21-14-6-7-15(26-25-14)27-11-1-8-23-27/h1-8,11H,9-10H2,(H,21,25)(H2,22,24,28). The first-order valence-electron chi connectivity index (χ1n) is 8.37. The molecule has 12 heteroatoms. The minimum Gasteiger partial charge on any atom is -0.406 e. The molecule has 0 saturated carbocycles. The SMILES string of the molecule is O=C(NCCNc1ccc(-n2cccn2)nn1)Nc1ccc(OC(F)(F)F)cc1. The van der Waals surface area contributed by atoms with Crippen LogP contribution in [0.4, 0.5) is 29.5 Å². The zero-order valence-electron chi connectivity index (χ0n) is 14.8. The first-order chi connectivity index (χ1) is 13.9. The van der Waals surface area contributed by atoms with Crippen molar-refractivity contribution in [3.05, 3.63) is 54.9 Å². The van der Waals surface area contributed by atoms with E-state index in [2.05, 4.69) is 36.0 Å². The Labute approximate surface area is 162 Å². The first kappa shape index (κ1) is 19.9. The average Bonchev–Trinajstić information content (AvgIpc) is 3.21. The summed E-state index contributed by atoms with van der Waals surface area (Å²) in [6.45, 7) is 0.672. The van der Waals surface area contributed by atoms with Crippen LogP contribution < -0.4 is 20.7 Å². The van der Waals surface area contributed by atoms with Crippen molar-refractivity contribution >= 4 is 17.5 Å². The van der Waals surface area contributed by atoms with Gasteiger partial charge in [0.1, 0.15) is 11.6 Å². The van der Waals surface area contributed by atoms with E-state index >= 15 is 0 Å². The molecule has 0 aliphatic heterocycles. The lowest BCUT2D eigenvalue weighted by atomic mass is 10.3. The Morgan fingerprint density at radius 2 is 1.86 bits per heavy atom. The summed E-state index contributed by atoms with van der Waals surface area (Å²) in [5.41, 5.74) is 0.324. The third-order valence-electron chi connectivity index (χ3n) is 3.45. The van der Waals surface area contributed by atoms with Gasteiger partial charge >= 0.3 is 12.4 Å². The fourth-order valence-electron chi connectivity index (χ4n) is 2.23. The van der Waals surface area contributed by atoms with Crippen molar-refractivity contribution in [3.63, 3.8) is 0 Å². The Morgan fingerprint density at radius 1 is 1.07 bits per heavy atom. The smallest absolute Gasteiger partial charge is 0.406 e. The molecular weight excluding hydrogens is 391 g/mol. The molecule has 2 heterocycles. The summed E-state index contributed by atoms with van der Waals surface area (Å²) >= 11 is 0. The number of rotatable bonds is 7. The Morgan fingerprint density at radius 3 is 2.48 bits per heavy atom. The number of urea groups is 1. The maximum Gasteiger partial charge on any atom is 0.573 e. The van der Waals surface area contributed by atoms with Crippen LogP contribution in [-0.2, 0) is 0 Å². The molecule has 2 amide bonds. The van der Waals surface area contributed by atoms with Crippen molar-refractivity contribution in [2.75, 3.05) is 23.7 Å². The van der Waals surface area contributed by atoms with E-state index in [9.17, 15) is 18.0 Å². The number of halogens is 3. The summed E-state index contributed by atoms with van der Waals surface area (Å²) < 4.78 is 41.7. The summed E-state index contributed by atoms with van der Waals surface area (Å²) in [4.78, 5) is 11.8. The Balaban J connectivity index is 1.37. The number of hydrogen-bond acceptors (Lipinski definition) is 6. The van der Waals surface area contributed by atoms with Crippen LogP contribution in [0.2, 0.25) is 0 Å². The highest BCUT2D eigenvalue weighted by atomic mass is 19.4. The van der Waals surface area contributed by atoms with E-state index in [1.807, 2.05) is 0 Å². The molecule has 0 bridgehead atoms. The van der Waals surface area contributed by atoms with Crippen molar-refractivity contribution in [2.24, 2.45) is 0 Å². The summed E-state index contributed by atoms with van der Waals surface area (Å²) in [6.07, 6.45) is -1.38. The van der Waals surface area contributed by atoms with E-state index in [1.54, 1.807) is 35.3 Å². The van der Waals surface area contributed by atoms with Gasteiger partial charge in [0.15, 0.2) is 5.82 Å². The second-order valence-corrected chi connectivity index (χ2v) is 5.61. The Bertz CT molecular complexity index is 914. The molecular formula is C17H16F3N7O2. The number of hydrogen-bond donors (Lipinski definition) is 3. The second-order valence-electron chi connectivity index (χ2n) is 5.61. The number of aromatic nitrogens is 4. The van der Waals surface area contributed by atoms with Crippen LogP contribution in [0, 0.1) is 0 Å². The van der Waals surface area contributed by atoms with Crippen molar-refractivity contribution in [1.29, 1.82) is 0 Å². The zero-order chi connectivity index (χ0) is 20.7. The molecule has 152 valence electrons. The van der Waals surface area contributed by atoms with Crippen molar-refractivity contribution in [1.82, 2.24) is 25.3 Å². The summed E-state index contributed by atoms with van der Waals surface area (Å²) in [7, 11) is 0. The van der Waals surface area contributed by atoms with Crippen molar-refractivity contribution in [2.45, 2.75) is 6.36 Å². The van der Waals surface area contributed by atoms with Crippen LogP contribution in [0.3, 0.4) is 0 Å². The summed E-state index contributed by atoms with van der Waals surface area (Å²) in [5.74, 6) is 0.736. The molecule has 0 unspecified atom stereocenters. The molecule has 0 radical (unpaired) electrons. The highest BCUT2D eigenvalue weighted by molar-refractivity contribution is 5.89. The number of alkyl halides is 3. The van der Waals surface area contributed by atoms with Gasteiger partial charge in [0.05, 0.1) is 0 Å². The van der Waals surface area contributed by atoms with Crippen LogP contribution in [0.25, 0.3) is 5.82 Å². The second kappa shape index (κ2) is 8.91. The van der Waals surface area contributed by atoms with Crippen LogP contribution in [0.15, 0.2) is 54.9 Å². The molecule has 29 heavy (non-hydrogen) atoms. The number of benzene rings is 1. The van der Waals surface area contributed by atoms with Gasteiger partial charge in [-0.25, -0.2) is 9.48 Å². The average molecular weight is 407 g/mol. The first-order valence-corrected chi connectivity index (χ1v) is 8.37. The molecule has 3 aromatic rings. The fraction of sp³-hybridized carbons (Fsp3) is 0.176. The van der Waals surface area contributed by atoms with Gasteiger partial charge in [-0.3, -0.25) is 0 Å². The fourth-order valence-corrected chi connectivity index (χ4v) is 2.23. The molecule has 9 nitrogen and oxygen atoms in total. The normalized spacial score (nSPS) is 11.0. The molecule has 1 aromatic carbocycles. The minimum absolute atomic E-state index is 0.281. The summed E-state index contributed by atoms with van der Waals surface area (Å²) in [6, 6.07) is 9.56. The van der Waals surface area contributed by atoms with Gasteiger partial charge in [-0.05, 0) is 42.5 Å². The van der Waals surface area contributed by atoms with E-state index in [4.69, 9.17) is 0 Å². The lowest BCUT2D eigenvalue weighted by Gasteiger charge is -2.11. The molecule has 0 atom stereocenters. The molecule has 0 saturated heterocycles. The van der Waals surface area contributed by atoms with Crippen LogP contribution in [0.1, 0.15) is 0 Å². The third kappa shape index (κ3) is 6.37. The van der Waals surface area contributed by atoms with Gasteiger partial charge in [0, 0.05) is 31.2 Å². The van der Waals surface area contributed by atoms with Gasteiger partial charge in [0.2, 0.25) is 0 Å². The topological polar surface area (TPSA) is 106 Å². The minimum atomic E-state index is -4.76. The van der Waals surface area contributed by atoms with Crippen LogP contribution in [-0.4, -0.2) is 45.5 Å². The van der Waals surface area contributed by atoms with Crippen molar-refractivity contribution in [3.8, 4) is 11.6 Å². The molecule has 0 fully saturated rings. The van der Waals surface area contributed by atoms with E-state index in [1.165, 1.54) is 12.1 Å². The van der Waals surface area contributed by atoms with Gasteiger partial charge in [-0.2, -0.15) is 5.10 Å². The lowest BCUT2D eigenvalue weighted by Crippen LogP contribution is -2.32. The third-order valence-corrected chi connectivity index (χ3v) is 3.45. The highest BCUT2D eigenvalue weighted by Gasteiger charge is 2.30. The number of nitrogens with one attached hydrogen (secondary N) is 3. The van der Waals surface area contributed by atoms with Gasteiger partial charge in [0.25, 0.3) is 0 Å². The number of amides is 2. The Kier molecular flexibility index (Phi) is 6.12. The monoisotopic (exact) mass is 407 g/mol. The predicted octanol–water partition coefficient (Wildman–Crippen LogP) is 2.79. The van der Waals surface area contributed by atoms with Crippen molar-refractivity contribution < 1.29 is 22.7 Å². The van der Waals surface area contributed by atoms with Crippen LogP contribution in [0.5, 0.6) is 5.75 Å². The van der Waals surface area contributed by atoms with E-state index in [-0.39, 0.29) is 12.3 Å². The maximum atomic E-state index is 12.1. The molecule has 3 N–H and O–H groups in total. The molecule has 3 rings (SSSR count). The van der Waals surface area contributed by atoms with E-state index < -0.39 is 12.4 Å². The number of anilines is 2. The molecule has 0 spiro atoms. The number of nitrogens with zero attached hydrogens (tertiary/aromatic N) is 4. The Hall–Kier alpha value is -3.83. The van der Waals surface area contributed by atoms with E-state index in [0.717, 1.165) is 12.1 Å². The van der Waals surface area contributed by atoms with Gasteiger partial charge in [-0.15, -0.1) is 23.4 Å². The van der Waals surface area contributed by atoms with Gasteiger partial charge < -0.3 is 20.7 Å². The summed E-state index contributed by atoms with van der Waals surface area (Å²) in [5, 5.41) is 20.2. The maximum absolute atomic E-state index is 12.1. The quantitative estimate of drug-likeness (QED) is 0.520. The zero-order valence-corrected chi connectivity index (χ0v) is 14.8. The largest absolute Gasteiger partial charge is 0.573 e. The highest BCUT2D eigenvalue weighted by Crippen LogP contribution is 2.23. The molecule has 2 aromatic heterocycles. The number of ether oxygens (including phenoxy) is 1. The molecule has 0 aliphatic rings. The predicted molar refractivity (Wildman–Crippen MR) is 97.8 cm³/mol.